The van der Waals surface area contributed by atoms with Gasteiger partial charge in [-0.2, -0.15) is 5.10 Å². The Balaban J connectivity index is 2.02. The van der Waals surface area contributed by atoms with Gasteiger partial charge >= 0.3 is 0 Å². The Hall–Kier alpha value is -1.13. The first-order chi connectivity index (χ1) is 19.1. The second-order valence-corrected chi connectivity index (χ2v) is 15.6. The number of aryl methyl sites for hydroxylation is 3. The van der Waals surface area contributed by atoms with Gasteiger partial charge in [-0.05, 0) is 55.6 Å². The molecule has 0 atom stereocenters. The molecule has 3 aromatic heterocycles. The molecule has 0 bridgehead atoms. The first kappa shape index (κ1) is 33.4. The zero-order chi connectivity index (χ0) is 29.3. The van der Waals surface area contributed by atoms with E-state index in [2.05, 4.69) is 95.9 Å². The SMILES string of the molecule is CCCCCCCCc1cc(-c2sc(C(C)(CC)CC)c3c2c(CCCCCCCC)nn3C)sc1C(C)(C)C. The average molecular weight is 585 g/mol. The van der Waals surface area contributed by atoms with Crippen LogP contribution in [-0.4, -0.2) is 9.78 Å². The topological polar surface area (TPSA) is 17.8 Å². The van der Waals surface area contributed by atoms with Crippen LogP contribution in [0.15, 0.2) is 6.07 Å². The monoisotopic (exact) mass is 584 g/mol. The van der Waals surface area contributed by atoms with Crippen molar-refractivity contribution in [3.8, 4) is 9.75 Å². The van der Waals surface area contributed by atoms with E-state index in [4.69, 9.17) is 5.10 Å². The maximum Gasteiger partial charge on any atom is 0.0833 e. The van der Waals surface area contributed by atoms with Crippen molar-refractivity contribution >= 4 is 33.6 Å². The molecule has 0 unspecified atom stereocenters. The fourth-order valence-corrected chi connectivity index (χ4v) is 9.15. The summed E-state index contributed by atoms with van der Waals surface area (Å²) in [6.45, 7) is 19.0. The van der Waals surface area contributed by atoms with Gasteiger partial charge in [0.25, 0.3) is 0 Å². The molecule has 0 aliphatic carbocycles. The normalized spacial score (nSPS) is 12.7. The number of hydrogen-bond donors (Lipinski definition) is 0. The lowest BCUT2D eigenvalue weighted by molar-refractivity contribution is 0.449. The van der Waals surface area contributed by atoms with Gasteiger partial charge in [0, 0.05) is 32.5 Å². The number of fused-ring (bicyclic) bond motifs is 1. The summed E-state index contributed by atoms with van der Waals surface area (Å²) >= 11 is 4.16. The van der Waals surface area contributed by atoms with Crippen molar-refractivity contribution in [1.29, 1.82) is 0 Å². The van der Waals surface area contributed by atoms with Gasteiger partial charge in [-0.1, -0.05) is 120 Å². The first-order valence-electron chi connectivity index (χ1n) is 16.7. The molecule has 0 saturated carbocycles. The van der Waals surface area contributed by atoms with Crippen molar-refractivity contribution in [2.45, 2.75) is 169 Å². The van der Waals surface area contributed by atoms with E-state index < -0.39 is 0 Å². The van der Waals surface area contributed by atoms with E-state index in [1.165, 1.54) is 110 Å². The van der Waals surface area contributed by atoms with Crippen LogP contribution in [0.5, 0.6) is 0 Å². The van der Waals surface area contributed by atoms with Crippen molar-refractivity contribution in [2.24, 2.45) is 7.05 Å². The van der Waals surface area contributed by atoms with Crippen molar-refractivity contribution in [3.63, 3.8) is 0 Å². The predicted octanol–water partition coefficient (Wildman–Crippen LogP) is 12.5. The van der Waals surface area contributed by atoms with Crippen LogP contribution < -0.4 is 0 Å². The van der Waals surface area contributed by atoms with E-state index >= 15 is 0 Å². The number of thiophene rings is 2. The highest BCUT2D eigenvalue weighted by atomic mass is 32.1. The summed E-state index contributed by atoms with van der Waals surface area (Å²) in [6, 6.07) is 2.59. The molecule has 0 amide bonds. The summed E-state index contributed by atoms with van der Waals surface area (Å²) in [5.41, 5.74) is 4.72. The molecule has 0 spiro atoms. The summed E-state index contributed by atoms with van der Waals surface area (Å²) in [6.07, 6.45) is 20.8. The van der Waals surface area contributed by atoms with E-state index in [1.807, 2.05) is 0 Å². The molecule has 3 rings (SSSR count). The third kappa shape index (κ3) is 8.03. The van der Waals surface area contributed by atoms with Gasteiger partial charge in [-0.3, -0.25) is 4.68 Å². The maximum absolute atomic E-state index is 5.20. The van der Waals surface area contributed by atoms with Gasteiger partial charge in [0.2, 0.25) is 0 Å². The van der Waals surface area contributed by atoms with Crippen LogP contribution in [0.1, 0.15) is 166 Å². The third-order valence-corrected chi connectivity index (χ3v) is 12.4. The Labute approximate surface area is 255 Å². The lowest BCUT2D eigenvalue weighted by Gasteiger charge is -2.25. The molecule has 0 aliphatic heterocycles. The Morgan fingerprint density at radius 3 is 1.80 bits per heavy atom. The Morgan fingerprint density at radius 2 is 1.25 bits per heavy atom. The molecule has 0 aromatic carbocycles. The standard InChI is InChI=1S/C36H60N2S2/c1-10-14-16-18-20-22-24-27-26-29(39-33(27)35(5,6)7)32-30-28(25-23-21-19-17-15-11-2)37-38(9)31(30)34(40-32)36(8,12-3)13-4/h26H,10-25H2,1-9H3. The van der Waals surface area contributed by atoms with Crippen LogP contribution in [0.4, 0.5) is 0 Å². The van der Waals surface area contributed by atoms with Gasteiger partial charge in [0.1, 0.15) is 0 Å². The summed E-state index contributed by atoms with van der Waals surface area (Å²) in [7, 11) is 2.19. The molecule has 2 nitrogen and oxygen atoms in total. The van der Waals surface area contributed by atoms with E-state index in [1.54, 1.807) is 15.3 Å². The molecule has 3 aromatic rings. The van der Waals surface area contributed by atoms with Gasteiger partial charge < -0.3 is 0 Å². The number of aromatic nitrogens is 2. The minimum atomic E-state index is 0.178. The quantitative estimate of drug-likeness (QED) is 0.136. The second kappa shape index (κ2) is 15.4. The average Bonchev–Trinajstić information content (AvgIpc) is 3.62. The summed E-state index contributed by atoms with van der Waals surface area (Å²) < 4.78 is 2.23. The molecule has 0 aliphatic rings. The zero-order valence-electron chi connectivity index (χ0n) is 27.6. The highest BCUT2D eigenvalue weighted by Crippen LogP contribution is 2.50. The van der Waals surface area contributed by atoms with Crippen LogP contribution in [0.2, 0.25) is 0 Å². The molecule has 0 radical (unpaired) electrons. The molecular weight excluding hydrogens is 525 g/mol. The smallest absolute Gasteiger partial charge is 0.0833 e. The number of unbranched alkanes of at least 4 members (excludes halogenated alkanes) is 10. The molecule has 0 fully saturated rings. The first-order valence-corrected chi connectivity index (χ1v) is 18.4. The maximum atomic E-state index is 5.20. The molecule has 4 heteroatoms. The van der Waals surface area contributed by atoms with E-state index in [0.29, 0.717) is 0 Å². The van der Waals surface area contributed by atoms with Crippen LogP contribution in [-0.2, 0) is 30.7 Å². The number of nitrogens with zero attached hydrogens (tertiary/aromatic N) is 2. The highest BCUT2D eigenvalue weighted by Gasteiger charge is 2.33. The zero-order valence-corrected chi connectivity index (χ0v) is 29.2. The summed E-state index contributed by atoms with van der Waals surface area (Å²) in [5.74, 6) is 0. The summed E-state index contributed by atoms with van der Waals surface area (Å²) in [4.78, 5) is 6.12. The lowest BCUT2D eigenvalue weighted by atomic mass is 9.82. The van der Waals surface area contributed by atoms with E-state index in [0.717, 1.165) is 19.3 Å². The van der Waals surface area contributed by atoms with Crippen LogP contribution in [0.25, 0.3) is 20.7 Å². The van der Waals surface area contributed by atoms with Gasteiger partial charge in [-0.15, -0.1) is 22.7 Å². The van der Waals surface area contributed by atoms with Crippen molar-refractivity contribution in [1.82, 2.24) is 9.78 Å². The van der Waals surface area contributed by atoms with E-state index in [-0.39, 0.29) is 10.8 Å². The highest BCUT2D eigenvalue weighted by molar-refractivity contribution is 7.23. The number of hydrogen-bond acceptors (Lipinski definition) is 3. The van der Waals surface area contributed by atoms with Crippen LogP contribution >= 0.6 is 22.7 Å². The van der Waals surface area contributed by atoms with Crippen LogP contribution in [0.3, 0.4) is 0 Å². The minimum Gasteiger partial charge on any atom is -0.266 e. The van der Waals surface area contributed by atoms with Gasteiger partial charge in [0.15, 0.2) is 0 Å². The molecular formula is C36H60N2S2. The fourth-order valence-electron chi connectivity index (χ4n) is 6.14. The third-order valence-electron chi connectivity index (χ3n) is 9.16. The Morgan fingerprint density at radius 1 is 0.700 bits per heavy atom. The van der Waals surface area contributed by atoms with Crippen molar-refractivity contribution in [2.75, 3.05) is 0 Å². The Bertz CT molecular complexity index is 1170. The van der Waals surface area contributed by atoms with Crippen molar-refractivity contribution < 1.29 is 0 Å². The van der Waals surface area contributed by atoms with Gasteiger partial charge in [-0.25, -0.2) is 0 Å². The molecule has 3 heterocycles. The van der Waals surface area contributed by atoms with Gasteiger partial charge in [0.05, 0.1) is 16.1 Å². The fraction of sp³-hybridized carbons (Fsp3) is 0.750. The molecule has 0 N–H and O–H groups in total. The van der Waals surface area contributed by atoms with E-state index in [9.17, 15) is 0 Å². The minimum absolute atomic E-state index is 0.178. The van der Waals surface area contributed by atoms with Crippen molar-refractivity contribution in [3.05, 3.63) is 27.1 Å². The number of rotatable bonds is 18. The molecule has 226 valence electrons. The molecule has 0 saturated heterocycles. The van der Waals surface area contributed by atoms with Crippen LogP contribution in [0, 0.1) is 0 Å². The Kier molecular flexibility index (Phi) is 12.8. The lowest BCUT2D eigenvalue weighted by Crippen LogP contribution is -2.18. The second-order valence-electron chi connectivity index (χ2n) is 13.6. The molecule has 40 heavy (non-hydrogen) atoms. The summed E-state index contributed by atoms with van der Waals surface area (Å²) in [5, 5.41) is 6.67. The predicted molar refractivity (Wildman–Crippen MR) is 183 cm³/mol. The largest absolute Gasteiger partial charge is 0.266 e.